The van der Waals surface area contributed by atoms with Crippen molar-refractivity contribution in [1.82, 2.24) is 0 Å². The van der Waals surface area contributed by atoms with Gasteiger partial charge in [-0.15, -0.1) is 0 Å². The van der Waals surface area contributed by atoms with E-state index in [2.05, 4.69) is 0 Å². The highest BCUT2D eigenvalue weighted by Crippen LogP contribution is 2.38. The molecule has 0 saturated carbocycles. The van der Waals surface area contributed by atoms with Gasteiger partial charge in [0.1, 0.15) is 0 Å². The quantitative estimate of drug-likeness (QED) is 0.636. The molecule has 3 nitrogen and oxygen atoms in total. The van der Waals surface area contributed by atoms with E-state index in [-0.39, 0.29) is 26.6 Å². The maximum atomic E-state index is 13.9. The second-order valence-corrected chi connectivity index (χ2v) is 7.83. The zero-order chi connectivity index (χ0) is 19.1. The molecule has 3 aromatic carbocycles. The van der Waals surface area contributed by atoms with E-state index in [0.717, 1.165) is 12.1 Å². The lowest BCUT2D eigenvalue weighted by molar-refractivity contribution is 0.509. The Morgan fingerprint density at radius 2 is 1.38 bits per heavy atom. The first-order valence-electron chi connectivity index (χ1n) is 7.25. The number of primary sulfonamides is 1. The van der Waals surface area contributed by atoms with Crippen molar-refractivity contribution in [2.45, 2.75) is 4.90 Å². The maximum absolute atomic E-state index is 13.9. The summed E-state index contributed by atoms with van der Waals surface area (Å²) in [6.45, 7) is 0. The summed E-state index contributed by atoms with van der Waals surface area (Å²) in [6.07, 6.45) is 0. The molecule has 134 valence electrons. The van der Waals surface area contributed by atoms with Crippen molar-refractivity contribution in [2.75, 3.05) is 0 Å². The van der Waals surface area contributed by atoms with Gasteiger partial charge in [-0.3, -0.25) is 0 Å². The normalized spacial score (nSPS) is 11.6. The summed E-state index contributed by atoms with van der Waals surface area (Å²) < 4.78 is 51.6. The van der Waals surface area contributed by atoms with E-state index in [9.17, 15) is 17.2 Å². The summed E-state index contributed by atoms with van der Waals surface area (Å²) >= 11 is 11.9. The van der Waals surface area contributed by atoms with Crippen LogP contribution in [-0.2, 0) is 10.0 Å². The van der Waals surface area contributed by atoms with Crippen LogP contribution in [0.3, 0.4) is 0 Å². The van der Waals surface area contributed by atoms with Crippen LogP contribution >= 0.6 is 23.2 Å². The van der Waals surface area contributed by atoms with E-state index in [0.29, 0.717) is 10.6 Å². The van der Waals surface area contributed by atoms with Crippen LogP contribution < -0.4 is 5.14 Å². The summed E-state index contributed by atoms with van der Waals surface area (Å²) in [6, 6.07) is 12.3. The Kier molecular flexibility index (Phi) is 5.03. The van der Waals surface area contributed by atoms with Crippen molar-refractivity contribution in [1.29, 1.82) is 0 Å². The van der Waals surface area contributed by atoms with Crippen LogP contribution in [0.1, 0.15) is 0 Å². The van der Waals surface area contributed by atoms with Crippen LogP contribution in [0.4, 0.5) is 8.78 Å². The van der Waals surface area contributed by atoms with Gasteiger partial charge in [0, 0.05) is 5.56 Å². The Morgan fingerprint density at radius 1 is 0.769 bits per heavy atom. The van der Waals surface area contributed by atoms with Gasteiger partial charge < -0.3 is 0 Å². The van der Waals surface area contributed by atoms with Gasteiger partial charge >= 0.3 is 0 Å². The predicted molar refractivity (Wildman–Crippen MR) is 98.6 cm³/mol. The summed E-state index contributed by atoms with van der Waals surface area (Å²) in [7, 11) is -4.08. The molecule has 0 heterocycles. The summed E-state index contributed by atoms with van der Waals surface area (Å²) in [5.41, 5.74) is 0.998. The van der Waals surface area contributed by atoms with Crippen LogP contribution in [-0.4, -0.2) is 8.42 Å². The zero-order valence-corrected chi connectivity index (χ0v) is 15.3. The number of rotatable bonds is 3. The van der Waals surface area contributed by atoms with Crippen LogP contribution in [0.2, 0.25) is 10.0 Å². The third-order valence-corrected chi connectivity index (χ3v) is 5.48. The molecule has 0 saturated heterocycles. The second kappa shape index (κ2) is 6.96. The fraction of sp³-hybridized carbons (Fsp3) is 0. The standard InChI is InChI=1S/C18H11Cl2F2NO2S/c19-14-6-5-10(7-15(14)20)12-8-16(21)17(22)9-13(12)11-3-1-2-4-18(11)26(23,24)25/h1-9H,(H2,23,24,25). The Bertz CT molecular complexity index is 1120. The Labute approximate surface area is 159 Å². The minimum Gasteiger partial charge on any atom is -0.225 e. The molecular weight excluding hydrogens is 403 g/mol. The summed E-state index contributed by atoms with van der Waals surface area (Å²) in [5.74, 6) is -2.20. The molecule has 0 bridgehead atoms. The number of hydrogen-bond acceptors (Lipinski definition) is 2. The van der Waals surface area contributed by atoms with Crippen LogP contribution in [0.25, 0.3) is 22.3 Å². The van der Waals surface area contributed by atoms with Gasteiger partial charge in [0.25, 0.3) is 0 Å². The lowest BCUT2D eigenvalue weighted by Crippen LogP contribution is -2.13. The minimum atomic E-state index is -4.08. The van der Waals surface area contributed by atoms with Gasteiger partial charge in [-0.1, -0.05) is 47.5 Å². The van der Waals surface area contributed by atoms with Crippen molar-refractivity contribution < 1.29 is 17.2 Å². The van der Waals surface area contributed by atoms with Gasteiger partial charge in [-0.05, 0) is 47.0 Å². The largest absolute Gasteiger partial charge is 0.238 e. The Balaban J connectivity index is 2.36. The summed E-state index contributed by atoms with van der Waals surface area (Å²) in [4.78, 5) is -0.202. The van der Waals surface area contributed by atoms with E-state index < -0.39 is 21.7 Å². The maximum Gasteiger partial charge on any atom is 0.238 e. The number of halogens is 4. The molecular formula is C18H11Cl2F2NO2S. The molecule has 0 aliphatic heterocycles. The molecule has 2 N–H and O–H groups in total. The molecule has 3 aromatic rings. The van der Waals surface area contributed by atoms with E-state index in [1.807, 2.05) is 0 Å². The fourth-order valence-electron chi connectivity index (χ4n) is 2.61. The van der Waals surface area contributed by atoms with Crippen LogP contribution in [0.15, 0.2) is 59.5 Å². The third kappa shape index (κ3) is 3.59. The van der Waals surface area contributed by atoms with Gasteiger partial charge in [-0.25, -0.2) is 22.3 Å². The van der Waals surface area contributed by atoms with E-state index in [1.165, 1.54) is 30.3 Å². The van der Waals surface area contributed by atoms with Gasteiger partial charge in [0.05, 0.1) is 14.9 Å². The second-order valence-electron chi connectivity index (χ2n) is 5.48. The number of nitrogens with two attached hydrogens (primary N) is 1. The van der Waals surface area contributed by atoms with Crippen molar-refractivity contribution in [2.24, 2.45) is 5.14 Å². The smallest absolute Gasteiger partial charge is 0.225 e. The van der Waals surface area contributed by atoms with Crippen LogP contribution in [0.5, 0.6) is 0 Å². The first-order valence-corrected chi connectivity index (χ1v) is 9.55. The first kappa shape index (κ1) is 18.8. The van der Waals surface area contributed by atoms with Crippen molar-refractivity contribution in [3.8, 4) is 22.3 Å². The van der Waals surface area contributed by atoms with Gasteiger partial charge in [0.15, 0.2) is 11.6 Å². The lowest BCUT2D eigenvalue weighted by Gasteiger charge is -2.14. The van der Waals surface area contributed by atoms with E-state index >= 15 is 0 Å². The molecule has 8 heteroatoms. The number of benzene rings is 3. The Hall–Kier alpha value is -1.99. The molecule has 0 aliphatic rings. The lowest BCUT2D eigenvalue weighted by atomic mass is 9.94. The first-order chi connectivity index (χ1) is 12.2. The molecule has 26 heavy (non-hydrogen) atoms. The zero-order valence-electron chi connectivity index (χ0n) is 13.0. The number of hydrogen-bond donors (Lipinski definition) is 1. The molecule has 0 fully saturated rings. The van der Waals surface area contributed by atoms with Gasteiger partial charge in [-0.2, -0.15) is 0 Å². The number of sulfonamides is 1. The molecule has 0 atom stereocenters. The van der Waals surface area contributed by atoms with Crippen molar-refractivity contribution in [3.05, 3.63) is 76.3 Å². The summed E-state index contributed by atoms with van der Waals surface area (Å²) in [5, 5.41) is 5.78. The highest BCUT2D eigenvalue weighted by molar-refractivity contribution is 7.89. The average Bonchev–Trinajstić information content (AvgIpc) is 2.58. The molecule has 0 aliphatic carbocycles. The topological polar surface area (TPSA) is 60.2 Å². The third-order valence-electron chi connectivity index (χ3n) is 3.77. The average molecular weight is 414 g/mol. The van der Waals surface area contributed by atoms with Crippen molar-refractivity contribution >= 4 is 33.2 Å². The minimum absolute atomic E-state index is 0.148. The SMILES string of the molecule is NS(=O)(=O)c1ccccc1-c1cc(F)c(F)cc1-c1ccc(Cl)c(Cl)c1. The van der Waals surface area contributed by atoms with Gasteiger partial charge in [0.2, 0.25) is 10.0 Å². The van der Waals surface area contributed by atoms with E-state index in [4.69, 9.17) is 28.3 Å². The molecule has 0 amide bonds. The molecule has 0 unspecified atom stereocenters. The van der Waals surface area contributed by atoms with E-state index in [1.54, 1.807) is 12.1 Å². The Morgan fingerprint density at radius 3 is 2.00 bits per heavy atom. The monoisotopic (exact) mass is 413 g/mol. The molecule has 0 radical (unpaired) electrons. The highest BCUT2D eigenvalue weighted by atomic mass is 35.5. The molecule has 3 rings (SSSR count). The fourth-order valence-corrected chi connectivity index (χ4v) is 3.66. The predicted octanol–water partition coefficient (Wildman–Crippen LogP) is 5.25. The highest BCUT2D eigenvalue weighted by Gasteiger charge is 2.20. The molecule has 0 spiro atoms. The van der Waals surface area contributed by atoms with Crippen molar-refractivity contribution in [3.63, 3.8) is 0 Å². The van der Waals surface area contributed by atoms with Crippen LogP contribution in [0, 0.1) is 11.6 Å². The molecule has 0 aromatic heterocycles.